The van der Waals surface area contributed by atoms with E-state index in [1.807, 2.05) is 29.2 Å². The number of Topliss-reactive ketones (excluding diaryl/α,β-unsaturated/α-hetero) is 1. The van der Waals surface area contributed by atoms with Crippen LogP contribution in [0.1, 0.15) is 21.7 Å². The van der Waals surface area contributed by atoms with E-state index in [0.29, 0.717) is 43.1 Å². The van der Waals surface area contributed by atoms with Gasteiger partial charge in [0, 0.05) is 48.8 Å². The number of aromatic nitrogens is 3. The van der Waals surface area contributed by atoms with Gasteiger partial charge in [0.2, 0.25) is 10.0 Å². The number of piperazine rings is 1. The van der Waals surface area contributed by atoms with Gasteiger partial charge in [-0.05, 0) is 19.9 Å². The molecule has 2 N–H and O–H groups in total. The maximum Gasteiger partial charge on any atom is 0.246 e. The largest absolute Gasteiger partial charge is 0.360 e. The van der Waals surface area contributed by atoms with Crippen LogP contribution in [0, 0.1) is 13.8 Å². The van der Waals surface area contributed by atoms with Crippen molar-refractivity contribution in [2.45, 2.75) is 18.7 Å². The Morgan fingerprint density at radius 3 is 2.54 bits per heavy atom. The van der Waals surface area contributed by atoms with Gasteiger partial charge in [-0.15, -0.1) is 0 Å². The number of aryl methyl sites for hydroxylation is 2. The van der Waals surface area contributed by atoms with E-state index >= 15 is 0 Å². The molecule has 0 radical (unpaired) electrons. The minimum absolute atomic E-state index is 0.0373. The number of ketones is 1. The number of hydrogen-bond donors (Lipinski definition) is 2. The molecule has 1 aliphatic heterocycles. The molecule has 3 heterocycles. The van der Waals surface area contributed by atoms with Crippen molar-refractivity contribution in [2.75, 3.05) is 32.7 Å². The zero-order valence-corrected chi connectivity index (χ0v) is 16.7. The maximum absolute atomic E-state index is 12.9. The number of rotatable bonds is 5. The van der Waals surface area contributed by atoms with Crippen LogP contribution < -0.4 is 0 Å². The number of sulfonamides is 1. The highest BCUT2D eigenvalue weighted by molar-refractivity contribution is 7.89. The van der Waals surface area contributed by atoms with Gasteiger partial charge in [-0.25, -0.2) is 8.42 Å². The molecular formula is C19H23N5O3S. The molecule has 0 unspecified atom stereocenters. The lowest BCUT2D eigenvalue weighted by atomic mass is 10.1. The lowest BCUT2D eigenvalue weighted by molar-refractivity contribution is 0.0903. The minimum atomic E-state index is -3.58. The van der Waals surface area contributed by atoms with Crippen molar-refractivity contribution in [1.29, 1.82) is 0 Å². The third-order valence-corrected chi connectivity index (χ3v) is 7.41. The molecule has 9 heteroatoms. The van der Waals surface area contributed by atoms with Gasteiger partial charge in [-0.2, -0.15) is 9.40 Å². The lowest BCUT2D eigenvalue weighted by Gasteiger charge is -2.33. The molecule has 0 bridgehead atoms. The van der Waals surface area contributed by atoms with E-state index in [-0.39, 0.29) is 17.2 Å². The number of carbonyl (C=O) groups is 1. The van der Waals surface area contributed by atoms with Crippen LogP contribution >= 0.6 is 0 Å². The summed E-state index contributed by atoms with van der Waals surface area (Å²) < 4.78 is 27.3. The first-order valence-electron chi connectivity index (χ1n) is 9.21. The van der Waals surface area contributed by atoms with Crippen molar-refractivity contribution < 1.29 is 13.2 Å². The second kappa shape index (κ2) is 7.16. The van der Waals surface area contributed by atoms with Crippen molar-refractivity contribution in [2.24, 2.45) is 0 Å². The first kappa shape index (κ1) is 18.9. The molecule has 1 fully saturated rings. The van der Waals surface area contributed by atoms with E-state index < -0.39 is 10.0 Å². The normalized spacial score (nSPS) is 16.6. The summed E-state index contributed by atoms with van der Waals surface area (Å²) in [7, 11) is -3.58. The molecule has 0 atom stereocenters. The average molecular weight is 401 g/mol. The van der Waals surface area contributed by atoms with Crippen molar-refractivity contribution in [1.82, 2.24) is 24.4 Å². The van der Waals surface area contributed by atoms with Gasteiger partial charge in [0.25, 0.3) is 0 Å². The van der Waals surface area contributed by atoms with Crippen LogP contribution in [-0.4, -0.2) is 71.3 Å². The van der Waals surface area contributed by atoms with E-state index in [1.54, 1.807) is 20.0 Å². The molecule has 1 aromatic carbocycles. The summed E-state index contributed by atoms with van der Waals surface area (Å²) in [6, 6.07) is 7.71. The second-order valence-corrected chi connectivity index (χ2v) is 8.99. The Hall–Kier alpha value is -2.49. The number of nitrogens with one attached hydrogen (secondary N) is 2. The Morgan fingerprint density at radius 1 is 1.14 bits per heavy atom. The predicted octanol–water partition coefficient (Wildman–Crippen LogP) is 1.70. The molecule has 0 amide bonds. The Morgan fingerprint density at radius 2 is 1.86 bits per heavy atom. The SMILES string of the molecule is Cc1n[nH]c(C)c1S(=O)(=O)N1CCN(CC(=O)c2c[nH]c3ccccc23)CC1. The van der Waals surface area contributed by atoms with Gasteiger partial charge in [0.1, 0.15) is 4.90 Å². The monoisotopic (exact) mass is 401 g/mol. The van der Waals surface area contributed by atoms with E-state index in [1.165, 1.54) is 4.31 Å². The molecule has 3 aromatic rings. The zero-order chi connectivity index (χ0) is 19.9. The fourth-order valence-corrected chi connectivity index (χ4v) is 5.52. The highest BCUT2D eigenvalue weighted by Gasteiger charge is 2.32. The Bertz CT molecular complexity index is 1100. The van der Waals surface area contributed by atoms with Crippen LogP contribution in [0.5, 0.6) is 0 Å². The number of aromatic amines is 2. The fraction of sp³-hybridized carbons (Fsp3) is 0.368. The molecule has 0 spiro atoms. The smallest absolute Gasteiger partial charge is 0.246 e. The van der Waals surface area contributed by atoms with Crippen molar-refractivity contribution in [3.63, 3.8) is 0 Å². The van der Waals surface area contributed by atoms with Crippen LogP contribution in [0.2, 0.25) is 0 Å². The molecular weight excluding hydrogens is 378 g/mol. The molecule has 0 saturated carbocycles. The quantitative estimate of drug-likeness (QED) is 0.634. The molecule has 148 valence electrons. The van der Waals surface area contributed by atoms with Gasteiger partial charge >= 0.3 is 0 Å². The van der Waals surface area contributed by atoms with Crippen LogP contribution in [0.25, 0.3) is 10.9 Å². The second-order valence-electron chi connectivity index (χ2n) is 7.11. The van der Waals surface area contributed by atoms with E-state index in [0.717, 1.165) is 10.9 Å². The molecule has 2 aromatic heterocycles. The van der Waals surface area contributed by atoms with E-state index in [2.05, 4.69) is 15.2 Å². The third kappa shape index (κ3) is 3.25. The maximum atomic E-state index is 12.9. The molecule has 28 heavy (non-hydrogen) atoms. The summed E-state index contributed by atoms with van der Waals surface area (Å²) in [4.78, 5) is 18.1. The van der Waals surface area contributed by atoms with Crippen molar-refractivity contribution >= 4 is 26.7 Å². The number of nitrogens with zero attached hydrogens (tertiary/aromatic N) is 3. The van der Waals surface area contributed by atoms with Crippen molar-refractivity contribution in [3.05, 3.63) is 47.4 Å². The highest BCUT2D eigenvalue weighted by Crippen LogP contribution is 2.23. The van der Waals surface area contributed by atoms with Gasteiger partial charge in [0.15, 0.2) is 5.78 Å². The number of para-hydroxylation sites is 1. The first-order chi connectivity index (χ1) is 13.4. The Balaban J connectivity index is 1.42. The summed E-state index contributed by atoms with van der Waals surface area (Å²) in [5, 5.41) is 7.65. The number of hydrogen-bond acceptors (Lipinski definition) is 5. The lowest BCUT2D eigenvalue weighted by Crippen LogP contribution is -2.49. The zero-order valence-electron chi connectivity index (χ0n) is 15.9. The van der Waals surface area contributed by atoms with Crippen LogP contribution in [0.3, 0.4) is 0 Å². The molecule has 4 rings (SSSR count). The van der Waals surface area contributed by atoms with Crippen LogP contribution in [-0.2, 0) is 10.0 Å². The van der Waals surface area contributed by atoms with E-state index in [4.69, 9.17) is 0 Å². The number of benzene rings is 1. The standard InChI is InChI=1S/C19H23N5O3S/c1-13-19(14(2)22-21-13)28(26,27)24-9-7-23(8-10-24)12-18(25)16-11-20-17-6-4-3-5-15(16)17/h3-6,11,20H,7-10,12H2,1-2H3,(H,21,22). The van der Waals surface area contributed by atoms with Gasteiger partial charge < -0.3 is 4.98 Å². The Kier molecular flexibility index (Phi) is 4.82. The van der Waals surface area contributed by atoms with Crippen LogP contribution in [0.4, 0.5) is 0 Å². The molecule has 1 aliphatic rings. The fourth-order valence-electron chi connectivity index (χ4n) is 3.77. The van der Waals surface area contributed by atoms with Gasteiger partial charge in [-0.1, -0.05) is 18.2 Å². The Labute approximate surface area is 163 Å². The predicted molar refractivity (Wildman–Crippen MR) is 106 cm³/mol. The average Bonchev–Trinajstić information content (AvgIpc) is 3.25. The summed E-state index contributed by atoms with van der Waals surface area (Å²) in [5.41, 5.74) is 2.65. The summed E-state index contributed by atoms with van der Waals surface area (Å²) >= 11 is 0. The minimum Gasteiger partial charge on any atom is -0.360 e. The topological polar surface area (TPSA) is 102 Å². The molecule has 0 aliphatic carbocycles. The third-order valence-electron chi connectivity index (χ3n) is 5.25. The highest BCUT2D eigenvalue weighted by atomic mass is 32.2. The van der Waals surface area contributed by atoms with E-state index in [9.17, 15) is 13.2 Å². The van der Waals surface area contributed by atoms with Crippen molar-refractivity contribution in [3.8, 4) is 0 Å². The molecule has 8 nitrogen and oxygen atoms in total. The molecule has 1 saturated heterocycles. The number of carbonyl (C=O) groups excluding carboxylic acids is 1. The van der Waals surface area contributed by atoms with Gasteiger partial charge in [0.05, 0.1) is 17.9 Å². The number of H-pyrrole nitrogens is 2. The summed E-state index contributed by atoms with van der Waals surface area (Å²) in [6.45, 7) is 5.42. The summed E-state index contributed by atoms with van der Waals surface area (Å²) in [5.74, 6) is 0.0373. The number of fused-ring (bicyclic) bond motifs is 1. The van der Waals surface area contributed by atoms with Gasteiger partial charge in [-0.3, -0.25) is 14.8 Å². The van der Waals surface area contributed by atoms with Crippen LogP contribution in [0.15, 0.2) is 35.4 Å². The summed E-state index contributed by atoms with van der Waals surface area (Å²) in [6.07, 6.45) is 1.75. The first-order valence-corrected chi connectivity index (χ1v) is 10.7.